The lowest BCUT2D eigenvalue weighted by atomic mass is 10.2. The van der Waals surface area contributed by atoms with Crippen LogP contribution in [0, 0.1) is 17.0 Å². The Morgan fingerprint density at radius 1 is 1.29 bits per heavy atom. The van der Waals surface area contributed by atoms with E-state index in [9.17, 15) is 10.1 Å². The Balaban J connectivity index is 2.54. The molecule has 0 aliphatic heterocycles. The van der Waals surface area contributed by atoms with E-state index < -0.39 is 4.92 Å². The molecule has 2 rings (SSSR count). The lowest BCUT2D eigenvalue weighted by Gasteiger charge is -2.22. The molecular weight excluding hydrogens is 270 g/mol. The van der Waals surface area contributed by atoms with Crippen molar-refractivity contribution in [1.29, 1.82) is 0 Å². The summed E-state index contributed by atoms with van der Waals surface area (Å²) in [5, 5.41) is 11.2. The van der Waals surface area contributed by atoms with Crippen molar-refractivity contribution in [2.45, 2.75) is 13.8 Å². The van der Waals surface area contributed by atoms with Gasteiger partial charge in [-0.25, -0.2) is 10.8 Å². The van der Waals surface area contributed by atoms with Gasteiger partial charge in [0.15, 0.2) is 0 Å². The number of hydrogen-bond acceptors (Lipinski definition) is 6. The number of nitrogens with one attached hydrogen (secondary N) is 1. The number of anilines is 3. The summed E-state index contributed by atoms with van der Waals surface area (Å²) in [6.07, 6.45) is 0. The van der Waals surface area contributed by atoms with Gasteiger partial charge in [-0.15, -0.1) is 0 Å². The molecule has 1 heterocycles. The third-order valence-corrected chi connectivity index (χ3v) is 3.12. The van der Waals surface area contributed by atoms with Gasteiger partial charge in [0, 0.05) is 18.3 Å². The molecular formula is C14H17N5O2. The molecule has 1 aromatic carbocycles. The van der Waals surface area contributed by atoms with Gasteiger partial charge in [-0.1, -0.05) is 17.7 Å². The highest BCUT2D eigenvalue weighted by molar-refractivity contribution is 5.70. The highest BCUT2D eigenvalue weighted by Gasteiger charge is 2.22. The van der Waals surface area contributed by atoms with Gasteiger partial charge >= 0.3 is 5.69 Å². The van der Waals surface area contributed by atoms with Crippen LogP contribution >= 0.6 is 0 Å². The number of hydrazine groups is 1. The summed E-state index contributed by atoms with van der Waals surface area (Å²) in [4.78, 5) is 16.8. The van der Waals surface area contributed by atoms with Crippen molar-refractivity contribution >= 4 is 23.0 Å². The van der Waals surface area contributed by atoms with Crippen molar-refractivity contribution in [2.75, 3.05) is 16.9 Å². The van der Waals surface area contributed by atoms with E-state index in [1.54, 1.807) is 4.90 Å². The second-order valence-corrected chi connectivity index (χ2v) is 4.52. The van der Waals surface area contributed by atoms with Crippen molar-refractivity contribution in [3.63, 3.8) is 0 Å². The highest BCUT2D eigenvalue weighted by Crippen LogP contribution is 2.32. The molecule has 0 saturated heterocycles. The third-order valence-electron chi connectivity index (χ3n) is 3.12. The van der Waals surface area contributed by atoms with E-state index in [1.807, 2.05) is 38.1 Å². The molecule has 0 bridgehead atoms. The molecule has 0 aliphatic rings. The Bertz CT molecular complexity index is 642. The second-order valence-electron chi connectivity index (χ2n) is 4.52. The monoisotopic (exact) mass is 287 g/mol. The predicted molar refractivity (Wildman–Crippen MR) is 82.6 cm³/mol. The van der Waals surface area contributed by atoms with Crippen LogP contribution in [0.5, 0.6) is 0 Å². The van der Waals surface area contributed by atoms with Crippen molar-refractivity contribution in [3.05, 3.63) is 52.1 Å². The topological polar surface area (TPSA) is 97.3 Å². The minimum Gasteiger partial charge on any atom is -0.321 e. The zero-order valence-electron chi connectivity index (χ0n) is 11.9. The number of hydrogen-bond donors (Lipinski definition) is 2. The van der Waals surface area contributed by atoms with E-state index in [0.717, 1.165) is 11.3 Å². The Morgan fingerprint density at radius 3 is 2.48 bits per heavy atom. The van der Waals surface area contributed by atoms with Crippen molar-refractivity contribution in [3.8, 4) is 0 Å². The molecule has 0 saturated carbocycles. The summed E-state index contributed by atoms with van der Waals surface area (Å²) in [5.74, 6) is 5.99. The largest absolute Gasteiger partial charge is 0.321 e. The molecule has 0 atom stereocenters. The molecule has 2 aromatic rings. The molecule has 3 N–H and O–H groups in total. The molecule has 7 heteroatoms. The van der Waals surface area contributed by atoms with E-state index >= 15 is 0 Å². The van der Waals surface area contributed by atoms with Crippen LogP contribution in [0.2, 0.25) is 0 Å². The Morgan fingerprint density at radius 2 is 1.95 bits per heavy atom. The first-order valence-corrected chi connectivity index (χ1v) is 6.53. The Kier molecular flexibility index (Phi) is 4.34. The molecule has 0 spiro atoms. The van der Waals surface area contributed by atoms with Gasteiger partial charge in [0.2, 0.25) is 5.82 Å². The SMILES string of the molecule is CCN(c1ccc(C)cc1)c1nc(NN)ccc1[N+](=O)[O-]. The number of nitrogen functional groups attached to an aromatic ring is 1. The van der Waals surface area contributed by atoms with Crippen LogP contribution in [0.3, 0.4) is 0 Å². The molecule has 0 radical (unpaired) electrons. The number of benzene rings is 1. The minimum atomic E-state index is -0.445. The van der Waals surface area contributed by atoms with Crippen LogP contribution in [0.15, 0.2) is 36.4 Å². The van der Waals surface area contributed by atoms with Crippen LogP contribution < -0.4 is 16.2 Å². The number of nitrogens with zero attached hydrogens (tertiary/aromatic N) is 3. The van der Waals surface area contributed by atoms with Crippen LogP contribution in [0.4, 0.5) is 23.0 Å². The van der Waals surface area contributed by atoms with Crippen LogP contribution in [-0.2, 0) is 0 Å². The average molecular weight is 287 g/mol. The molecule has 0 aliphatic carbocycles. The van der Waals surface area contributed by atoms with Gasteiger partial charge in [-0.05, 0) is 32.0 Å². The number of aryl methyl sites for hydroxylation is 1. The van der Waals surface area contributed by atoms with E-state index in [1.165, 1.54) is 12.1 Å². The van der Waals surface area contributed by atoms with Crippen molar-refractivity contribution < 1.29 is 4.92 Å². The first kappa shape index (κ1) is 14.7. The molecule has 0 unspecified atom stereocenters. The summed E-state index contributed by atoms with van der Waals surface area (Å²) in [6, 6.07) is 10.6. The number of pyridine rings is 1. The zero-order chi connectivity index (χ0) is 15.4. The Labute approximate surface area is 122 Å². The summed E-state index contributed by atoms with van der Waals surface area (Å²) < 4.78 is 0. The van der Waals surface area contributed by atoms with Crippen molar-refractivity contribution in [2.24, 2.45) is 5.84 Å². The van der Waals surface area contributed by atoms with E-state index in [4.69, 9.17) is 5.84 Å². The quantitative estimate of drug-likeness (QED) is 0.498. The summed E-state index contributed by atoms with van der Waals surface area (Å²) in [5.41, 5.74) is 4.31. The lowest BCUT2D eigenvalue weighted by Crippen LogP contribution is -2.20. The number of nitrogens with two attached hydrogens (primary N) is 1. The van der Waals surface area contributed by atoms with Gasteiger partial charge in [0.05, 0.1) is 4.92 Å². The smallest absolute Gasteiger partial charge is 0.312 e. The maximum absolute atomic E-state index is 11.2. The molecule has 21 heavy (non-hydrogen) atoms. The molecule has 0 amide bonds. The van der Waals surface area contributed by atoms with Crippen LogP contribution in [0.1, 0.15) is 12.5 Å². The van der Waals surface area contributed by atoms with Crippen molar-refractivity contribution in [1.82, 2.24) is 4.98 Å². The maximum Gasteiger partial charge on any atom is 0.312 e. The molecule has 1 aromatic heterocycles. The number of aromatic nitrogens is 1. The Hall–Kier alpha value is -2.67. The van der Waals surface area contributed by atoms with E-state index in [0.29, 0.717) is 12.4 Å². The third kappa shape index (κ3) is 3.09. The lowest BCUT2D eigenvalue weighted by molar-refractivity contribution is -0.384. The van der Waals surface area contributed by atoms with E-state index in [-0.39, 0.29) is 11.5 Å². The summed E-state index contributed by atoms with van der Waals surface area (Å²) in [7, 11) is 0. The second kappa shape index (κ2) is 6.19. The summed E-state index contributed by atoms with van der Waals surface area (Å²) in [6.45, 7) is 4.44. The average Bonchev–Trinajstić information content (AvgIpc) is 2.49. The first-order valence-electron chi connectivity index (χ1n) is 6.53. The first-order chi connectivity index (χ1) is 10.1. The number of nitro groups is 1. The maximum atomic E-state index is 11.2. The van der Waals surface area contributed by atoms with E-state index in [2.05, 4.69) is 10.4 Å². The van der Waals surface area contributed by atoms with Gasteiger partial charge in [0.25, 0.3) is 0 Å². The highest BCUT2D eigenvalue weighted by atomic mass is 16.6. The molecule has 110 valence electrons. The van der Waals surface area contributed by atoms with Crippen LogP contribution in [0.25, 0.3) is 0 Å². The fourth-order valence-corrected chi connectivity index (χ4v) is 2.04. The number of rotatable bonds is 5. The normalized spacial score (nSPS) is 10.2. The van der Waals surface area contributed by atoms with Gasteiger partial charge < -0.3 is 10.3 Å². The summed E-state index contributed by atoms with van der Waals surface area (Å²) >= 11 is 0. The van der Waals surface area contributed by atoms with Crippen LogP contribution in [-0.4, -0.2) is 16.5 Å². The minimum absolute atomic E-state index is 0.0589. The predicted octanol–water partition coefficient (Wildman–Crippen LogP) is 2.74. The van der Waals surface area contributed by atoms with Gasteiger partial charge in [-0.3, -0.25) is 10.1 Å². The zero-order valence-corrected chi connectivity index (χ0v) is 11.9. The fourth-order valence-electron chi connectivity index (χ4n) is 2.04. The fraction of sp³-hybridized carbons (Fsp3) is 0.214. The standard InChI is InChI=1S/C14H17N5O2/c1-3-18(11-6-4-10(2)5-7-11)14-12(19(20)21)8-9-13(16-14)17-15/h4-9H,3,15H2,1-2H3,(H,16,17). The molecule has 0 fully saturated rings. The van der Waals surface area contributed by atoms with Gasteiger partial charge in [0.1, 0.15) is 5.82 Å². The molecule has 7 nitrogen and oxygen atoms in total. The van der Waals surface area contributed by atoms with Gasteiger partial charge in [-0.2, -0.15) is 0 Å².